The van der Waals surface area contributed by atoms with Crippen molar-refractivity contribution in [2.24, 2.45) is 0 Å². The molecule has 1 saturated heterocycles. The number of nitrogens with zero attached hydrogens (tertiary/aromatic N) is 2. The van der Waals surface area contributed by atoms with Gasteiger partial charge in [0.15, 0.2) is 0 Å². The van der Waals surface area contributed by atoms with Gasteiger partial charge in [-0.3, -0.25) is 10.1 Å². The number of nitro benzene ring substituents is 1. The van der Waals surface area contributed by atoms with Gasteiger partial charge in [0, 0.05) is 18.7 Å². The summed E-state index contributed by atoms with van der Waals surface area (Å²) in [5.74, 6) is 0.860. The van der Waals surface area contributed by atoms with E-state index in [2.05, 4.69) is 17.0 Å². The number of anilines is 1. The van der Waals surface area contributed by atoms with Crippen molar-refractivity contribution in [1.82, 2.24) is 0 Å². The Hall–Kier alpha value is -2.27. The predicted octanol–water partition coefficient (Wildman–Crippen LogP) is 4.99. The van der Waals surface area contributed by atoms with Gasteiger partial charge in [0.2, 0.25) is 0 Å². The number of halogens is 1. The standard InChI is InChI=1S/C18H19ClN2O3/c1-2-24-15-8-5-13(6-9-15)17-4-3-11-20(17)18-10-7-14(21(22)23)12-16(18)19/h5-10,12,17H,2-4,11H2,1H3/t17-/m0/s1. The molecule has 0 spiro atoms. The topological polar surface area (TPSA) is 55.6 Å². The Morgan fingerprint density at radius 2 is 2.04 bits per heavy atom. The Labute approximate surface area is 146 Å². The van der Waals surface area contributed by atoms with Gasteiger partial charge in [0.1, 0.15) is 5.75 Å². The zero-order valence-corrected chi connectivity index (χ0v) is 14.2. The molecule has 2 aromatic rings. The molecule has 0 aliphatic carbocycles. The summed E-state index contributed by atoms with van der Waals surface area (Å²) < 4.78 is 5.49. The van der Waals surface area contributed by atoms with Crippen molar-refractivity contribution in [1.29, 1.82) is 0 Å². The first-order valence-corrected chi connectivity index (χ1v) is 8.41. The average Bonchev–Trinajstić information content (AvgIpc) is 3.05. The maximum Gasteiger partial charge on any atom is 0.271 e. The molecule has 1 aliphatic heterocycles. The molecule has 0 N–H and O–H groups in total. The number of ether oxygens (including phenoxy) is 1. The van der Waals surface area contributed by atoms with Crippen molar-refractivity contribution < 1.29 is 9.66 Å². The Kier molecular flexibility index (Phi) is 4.90. The molecule has 0 radical (unpaired) electrons. The smallest absolute Gasteiger partial charge is 0.271 e. The van der Waals surface area contributed by atoms with Gasteiger partial charge >= 0.3 is 0 Å². The van der Waals surface area contributed by atoms with Gasteiger partial charge in [0.05, 0.1) is 28.3 Å². The first-order valence-electron chi connectivity index (χ1n) is 8.03. The van der Waals surface area contributed by atoms with E-state index in [1.54, 1.807) is 6.07 Å². The van der Waals surface area contributed by atoms with E-state index < -0.39 is 4.92 Å². The Balaban J connectivity index is 1.86. The minimum atomic E-state index is -0.427. The van der Waals surface area contributed by atoms with Crippen LogP contribution in [0.25, 0.3) is 0 Å². The van der Waals surface area contributed by atoms with E-state index in [4.69, 9.17) is 16.3 Å². The molecule has 1 aliphatic rings. The van der Waals surface area contributed by atoms with Crippen LogP contribution in [0, 0.1) is 10.1 Å². The van der Waals surface area contributed by atoms with E-state index in [0.717, 1.165) is 30.8 Å². The van der Waals surface area contributed by atoms with E-state index in [0.29, 0.717) is 11.6 Å². The van der Waals surface area contributed by atoms with E-state index in [9.17, 15) is 10.1 Å². The first kappa shape index (κ1) is 16.6. The molecule has 3 rings (SSSR count). The summed E-state index contributed by atoms with van der Waals surface area (Å²) in [7, 11) is 0. The average molecular weight is 347 g/mol. The molecule has 126 valence electrons. The van der Waals surface area contributed by atoms with Gasteiger partial charge in [0.25, 0.3) is 5.69 Å². The highest BCUT2D eigenvalue weighted by Gasteiger charge is 2.28. The van der Waals surface area contributed by atoms with Gasteiger partial charge in [-0.2, -0.15) is 0 Å². The van der Waals surface area contributed by atoms with Crippen molar-refractivity contribution in [2.75, 3.05) is 18.1 Å². The van der Waals surface area contributed by atoms with Crippen molar-refractivity contribution >= 4 is 23.0 Å². The summed E-state index contributed by atoms with van der Waals surface area (Å²) in [5, 5.41) is 11.3. The third-order valence-corrected chi connectivity index (χ3v) is 4.58. The Morgan fingerprint density at radius 3 is 2.67 bits per heavy atom. The van der Waals surface area contributed by atoms with Crippen LogP contribution in [-0.4, -0.2) is 18.1 Å². The third kappa shape index (κ3) is 3.31. The number of non-ortho nitro benzene ring substituents is 1. The Morgan fingerprint density at radius 1 is 1.29 bits per heavy atom. The Bertz CT molecular complexity index is 734. The molecule has 5 nitrogen and oxygen atoms in total. The second-order valence-corrected chi connectivity index (χ2v) is 6.15. The van der Waals surface area contributed by atoms with Crippen LogP contribution in [0.15, 0.2) is 42.5 Å². The largest absolute Gasteiger partial charge is 0.494 e. The molecule has 6 heteroatoms. The molecule has 1 atom stereocenters. The zero-order chi connectivity index (χ0) is 17.1. The highest BCUT2D eigenvalue weighted by molar-refractivity contribution is 6.33. The molecule has 2 aromatic carbocycles. The number of hydrogen-bond donors (Lipinski definition) is 0. The minimum Gasteiger partial charge on any atom is -0.494 e. The molecule has 0 amide bonds. The van der Waals surface area contributed by atoms with Crippen molar-refractivity contribution in [3.8, 4) is 5.75 Å². The van der Waals surface area contributed by atoms with Gasteiger partial charge in [-0.25, -0.2) is 0 Å². The van der Waals surface area contributed by atoms with Crippen LogP contribution in [0.4, 0.5) is 11.4 Å². The van der Waals surface area contributed by atoms with E-state index in [-0.39, 0.29) is 11.7 Å². The summed E-state index contributed by atoms with van der Waals surface area (Å²) in [6.07, 6.45) is 2.09. The number of hydrogen-bond acceptors (Lipinski definition) is 4. The fourth-order valence-corrected chi connectivity index (χ4v) is 3.48. The lowest BCUT2D eigenvalue weighted by Crippen LogP contribution is -2.22. The van der Waals surface area contributed by atoms with Crippen LogP contribution in [-0.2, 0) is 0 Å². The quantitative estimate of drug-likeness (QED) is 0.565. The van der Waals surface area contributed by atoms with E-state index >= 15 is 0 Å². The zero-order valence-electron chi connectivity index (χ0n) is 13.4. The minimum absolute atomic E-state index is 0.0144. The fraction of sp³-hybridized carbons (Fsp3) is 0.333. The highest BCUT2D eigenvalue weighted by atomic mass is 35.5. The van der Waals surface area contributed by atoms with Crippen LogP contribution < -0.4 is 9.64 Å². The molecule has 0 unspecified atom stereocenters. The summed E-state index contributed by atoms with van der Waals surface area (Å²) >= 11 is 6.31. The second kappa shape index (κ2) is 7.09. The lowest BCUT2D eigenvalue weighted by atomic mass is 10.0. The molecule has 0 aromatic heterocycles. The summed E-state index contributed by atoms with van der Waals surface area (Å²) in [4.78, 5) is 12.7. The number of rotatable bonds is 5. The SMILES string of the molecule is CCOc1ccc([C@@H]2CCCN2c2ccc([N+](=O)[O-])cc2Cl)cc1. The summed E-state index contributed by atoms with van der Waals surface area (Å²) in [6, 6.07) is 13.0. The van der Waals surface area contributed by atoms with E-state index in [1.807, 2.05) is 19.1 Å². The van der Waals surface area contributed by atoms with Crippen molar-refractivity contribution in [2.45, 2.75) is 25.8 Å². The molecule has 1 fully saturated rings. The van der Waals surface area contributed by atoms with Crippen LogP contribution >= 0.6 is 11.6 Å². The van der Waals surface area contributed by atoms with Crippen LogP contribution in [0.3, 0.4) is 0 Å². The first-order chi connectivity index (χ1) is 11.6. The van der Waals surface area contributed by atoms with Crippen LogP contribution in [0.1, 0.15) is 31.4 Å². The molecule has 0 bridgehead atoms. The van der Waals surface area contributed by atoms with Gasteiger partial charge in [-0.05, 0) is 43.5 Å². The van der Waals surface area contributed by atoms with Crippen molar-refractivity contribution in [3.05, 3.63) is 63.2 Å². The van der Waals surface area contributed by atoms with Crippen molar-refractivity contribution in [3.63, 3.8) is 0 Å². The molecule has 24 heavy (non-hydrogen) atoms. The monoisotopic (exact) mass is 346 g/mol. The third-order valence-electron chi connectivity index (χ3n) is 4.28. The maximum atomic E-state index is 10.9. The molecule has 0 saturated carbocycles. The second-order valence-electron chi connectivity index (χ2n) is 5.75. The molecular weight excluding hydrogens is 328 g/mol. The van der Waals surface area contributed by atoms with Crippen LogP contribution in [0.2, 0.25) is 5.02 Å². The summed E-state index contributed by atoms with van der Waals surface area (Å²) in [5.41, 5.74) is 2.06. The summed E-state index contributed by atoms with van der Waals surface area (Å²) in [6.45, 7) is 3.49. The van der Waals surface area contributed by atoms with Gasteiger partial charge in [-0.15, -0.1) is 0 Å². The number of benzene rings is 2. The lowest BCUT2D eigenvalue weighted by molar-refractivity contribution is -0.384. The van der Waals surface area contributed by atoms with Crippen LogP contribution in [0.5, 0.6) is 5.75 Å². The molecule has 1 heterocycles. The predicted molar refractivity (Wildman–Crippen MR) is 95.0 cm³/mol. The van der Waals surface area contributed by atoms with Gasteiger partial charge in [-0.1, -0.05) is 23.7 Å². The maximum absolute atomic E-state index is 10.9. The highest BCUT2D eigenvalue weighted by Crippen LogP contribution is 2.40. The van der Waals surface area contributed by atoms with E-state index in [1.165, 1.54) is 17.7 Å². The lowest BCUT2D eigenvalue weighted by Gasteiger charge is -2.28. The normalized spacial score (nSPS) is 17.1. The fourth-order valence-electron chi connectivity index (χ4n) is 3.20. The molecular formula is C18H19ClN2O3. The number of nitro groups is 1. The van der Waals surface area contributed by atoms with Gasteiger partial charge < -0.3 is 9.64 Å².